The fourth-order valence-corrected chi connectivity index (χ4v) is 3.56. The lowest BCUT2D eigenvalue weighted by Crippen LogP contribution is -2.51. The number of carbonyl (C=O) groups excluding carboxylic acids is 7. The summed E-state index contributed by atoms with van der Waals surface area (Å²) in [5, 5.41) is 5.47. The van der Waals surface area contributed by atoms with Crippen molar-refractivity contribution in [2.75, 3.05) is 39.3 Å². The van der Waals surface area contributed by atoms with E-state index >= 15 is 0 Å². The second-order valence-corrected chi connectivity index (χ2v) is 12.4. The van der Waals surface area contributed by atoms with Gasteiger partial charge in [-0.15, -0.1) is 0 Å². The maximum Gasteiger partial charge on any atom is 0.232 e. The molecule has 0 unspecified atom stereocenters. The molecule has 11 heteroatoms. The number of ketones is 3. The largest absolute Gasteiger partial charge is 0.356 e. The number of allylic oxidation sites excluding steroid dienone is 2. The average molecular weight is 549 g/mol. The second-order valence-electron chi connectivity index (χ2n) is 12.4. The highest BCUT2D eigenvalue weighted by Gasteiger charge is 2.30. The Morgan fingerprint density at radius 1 is 0.718 bits per heavy atom. The van der Waals surface area contributed by atoms with Crippen LogP contribution in [0.25, 0.3) is 0 Å². The second kappa shape index (κ2) is 14.7. The van der Waals surface area contributed by atoms with Crippen LogP contribution in [0.2, 0.25) is 0 Å². The number of hydrogen-bond donors (Lipinski definition) is 2. The Balaban J connectivity index is 0.000000416. The van der Waals surface area contributed by atoms with Crippen molar-refractivity contribution in [1.29, 1.82) is 0 Å². The van der Waals surface area contributed by atoms with Crippen molar-refractivity contribution in [1.82, 2.24) is 20.4 Å². The maximum atomic E-state index is 12.1. The lowest BCUT2D eigenvalue weighted by Gasteiger charge is -2.34. The molecule has 4 amide bonds. The topological polar surface area (TPSA) is 150 Å². The third kappa shape index (κ3) is 13.8. The van der Waals surface area contributed by atoms with E-state index in [4.69, 9.17) is 0 Å². The molecule has 0 bridgehead atoms. The molecule has 0 aromatic rings. The van der Waals surface area contributed by atoms with Crippen LogP contribution >= 0.6 is 0 Å². The zero-order valence-electron chi connectivity index (χ0n) is 24.3. The van der Waals surface area contributed by atoms with E-state index in [9.17, 15) is 33.6 Å². The fourth-order valence-electron chi connectivity index (χ4n) is 3.56. The number of nitrogens with one attached hydrogen (secondary N) is 2. The van der Waals surface area contributed by atoms with Crippen molar-refractivity contribution in [3.05, 3.63) is 12.2 Å². The number of nitrogens with zero attached hydrogens (tertiary/aromatic N) is 2. The van der Waals surface area contributed by atoms with E-state index < -0.39 is 5.92 Å². The Bertz CT molecular complexity index is 963. The minimum Gasteiger partial charge on any atom is -0.356 e. The summed E-state index contributed by atoms with van der Waals surface area (Å²) in [6.07, 6.45) is 2.18. The summed E-state index contributed by atoms with van der Waals surface area (Å²) in [6, 6.07) is 0. The summed E-state index contributed by atoms with van der Waals surface area (Å²) < 4.78 is 0. The highest BCUT2D eigenvalue weighted by Crippen LogP contribution is 2.16. The van der Waals surface area contributed by atoms with Crippen molar-refractivity contribution >= 4 is 41.0 Å². The molecule has 39 heavy (non-hydrogen) atoms. The smallest absolute Gasteiger partial charge is 0.232 e. The molecule has 1 heterocycles. The predicted octanol–water partition coefficient (Wildman–Crippen LogP) is 1.05. The molecule has 218 valence electrons. The van der Waals surface area contributed by atoms with E-state index in [1.807, 2.05) is 41.5 Å². The predicted molar refractivity (Wildman–Crippen MR) is 145 cm³/mol. The number of piperazine rings is 1. The zero-order valence-corrected chi connectivity index (χ0v) is 24.3. The monoisotopic (exact) mass is 548 g/mol. The molecule has 0 aromatic carbocycles. The summed E-state index contributed by atoms with van der Waals surface area (Å²) in [5.74, 6) is -2.44. The average Bonchev–Trinajstić information content (AvgIpc) is 3.12. The fraction of sp³-hybridized carbons (Fsp3) is 0.679. The number of Topliss-reactive ketones (excluding diaryl/α,β-unsaturated/α-hetero) is 1. The molecular weight excluding hydrogens is 504 g/mol. The van der Waals surface area contributed by atoms with Crippen LogP contribution in [0.1, 0.15) is 67.7 Å². The number of rotatable bonds is 8. The van der Waals surface area contributed by atoms with Gasteiger partial charge in [0, 0.05) is 45.7 Å². The van der Waals surface area contributed by atoms with Gasteiger partial charge in [-0.1, -0.05) is 41.5 Å². The molecule has 1 aliphatic heterocycles. The highest BCUT2D eigenvalue weighted by atomic mass is 16.2. The van der Waals surface area contributed by atoms with Gasteiger partial charge in [-0.3, -0.25) is 33.6 Å². The molecule has 1 fully saturated rings. The molecule has 0 aromatic heterocycles. The van der Waals surface area contributed by atoms with Gasteiger partial charge in [0.1, 0.15) is 12.2 Å². The summed E-state index contributed by atoms with van der Waals surface area (Å²) in [7, 11) is 0. The van der Waals surface area contributed by atoms with Gasteiger partial charge in [0.25, 0.3) is 0 Å². The minimum atomic E-state index is -0.792. The van der Waals surface area contributed by atoms with E-state index in [1.165, 1.54) is 19.1 Å². The van der Waals surface area contributed by atoms with Gasteiger partial charge in [-0.25, -0.2) is 0 Å². The lowest BCUT2D eigenvalue weighted by atomic mass is 9.96. The Labute approximate surface area is 231 Å². The van der Waals surface area contributed by atoms with Gasteiger partial charge in [-0.2, -0.15) is 0 Å². The molecular formula is C28H44N4O7. The number of carbonyl (C=O) groups is 7. The van der Waals surface area contributed by atoms with Crippen molar-refractivity contribution in [2.45, 2.75) is 67.7 Å². The Morgan fingerprint density at radius 2 is 1.10 bits per heavy atom. The van der Waals surface area contributed by atoms with Crippen LogP contribution in [-0.4, -0.2) is 90.0 Å². The summed E-state index contributed by atoms with van der Waals surface area (Å²) in [4.78, 5) is 83.8. The van der Waals surface area contributed by atoms with E-state index in [2.05, 4.69) is 10.6 Å². The maximum absolute atomic E-state index is 12.1. The molecule has 11 nitrogen and oxygen atoms in total. The van der Waals surface area contributed by atoms with Crippen molar-refractivity contribution in [3.63, 3.8) is 0 Å². The van der Waals surface area contributed by atoms with E-state index in [1.54, 1.807) is 9.80 Å². The lowest BCUT2D eigenvalue weighted by molar-refractivity contribution is -0.143. The first kappa shape index (κ1) is 33.7. The van der Waals surface area contributed by atoms with E-state index in [0.717, 1.165) is 0 Å². The molecule has 0 atom stereocenters. The first-order valence-corrected chi connectivity index (χ1v) is 13.2. The summed E-state index contributed by atoms with van der Waals surface area (Å²) >= 11 is 0. The Morgan fingerprint density at radius 3 is 1.49 bits per heavy atom. The standard InChI is InChI=1S/C16H27N3O4.C12H17NO3/c1-12(20)9-14(22)18-5-7-19(8-6-18)15(23)10-13(21)17-11-16(2,3)4;1-12(2,3)7-13-11(16)6-8-9(14)4-5-10(8)15/h5-11H2,1-4H3,(H,17,21);4-5,8H,6-7H2,1-3H3,(H,13,16). The number of hydrogen-bond acceptors (Lipinski definition) is 7. The molecule has 1 aliphatic carbocycles. The van der Waals surface area contributed by atoms with Crippen LogP contribution < -0.4 is 10.6 Å². The molecule has 2 aliphatic rings. The van der Waals surface area contributed by atoms with Crippen LogP contribution in [0, 0.1) is 16.7 Å². The van der Waals surface area contributed by atoms with Crippen LogP contribution in [0.4, 0.5) is 0 Å². The van der Waals surface area contributed by atoms with Crippen LogP contribution in [0.3, 0.4) is 0 Å². The van der Waals surface area contributed by atoms with Crippen LogP contribution in [-0.2, 0) is 33.6 Å². The Kier molecular flexibility index (Phi) is 12.7. The highest BCUT2D eigenvalue weighted by molar-refractivity contribution is 6.20. The van der Waals surface area contributed by atoms with Gasteiger partial charge < -0.3 is 20.4 Å². The normalized spacial score (nSPS) is 16.0. The van der Waals surface area contributed by atoms with Crippen LogP contribution in [0.5, 0.6) is 0 Å². The molecule has 2 rings (SSSR count). The molecule has 1 saturated heterocycles. The first-order valence-electron chi connectivity index (χ1n) is 13.2. The molecule has 0 saturated carbocycles. The van der Waals surface area contributed by atoms with Gasteiger partial charge in [0.05, 0.1) is 12.3 Å². The Hall–Kier alpha value is -3.37. The molecule has 2 N–H and O–H groups in total. The van der Waals surface area contributed by atoms with E-state index in [-0.39, 0.29) is 71.1 Å². The quantitative estimate of drug-likeness (QED) is 0.431. The van der Waals surface area contributed by atoms with Crippen molar-refractivity contribution in [3.8, 4) is 0 Å². The zero-order chi connectivity index (χ0) is 30.0. The van der Waals surface area contributed by atoms with Crippen LogP contribution in [0.15, 0.2) is 12.2 Å². The van der Waals surface area contributed by atoms with Crippen molar-refractivity contribution in [2.24, 2.45) is 16.7 Å². The van der Waals surface area contributed by atoms with E-state index in [0.29, 0.717) is 39.3 Å². The summed E-state index contributed by atoms with van der Waals surface area (Å²) in [5.41, 5.74) is -0.0288. The van der Waals surface area contributed by atoms with Gasteiger partial charge in [0.15, 0.2) is 11.6 Å². The molecule has 0 spiro atoms. The SMILES string of the molecule is CC(=O)CC(=O)N1CCN(C(=O)CC(=O)NCC(C)(C)C)CC1.CC(C)(C)CNC(=O)CC1C(=O)C=CC1=O. The van der Waals surface area contributed by atoms with Gasteiger partial charge in [-0.05, 0) is 29.9 Å². The third-order valence-corrected chi connectivity index (χ3v) is 5.82. The van der Waals surface area contributed by atoms with Gasteiger partial charge >= 0.3 is 0 Å². The minimum absolute atomic E-state index is 0.00238. The van der Waals surface area contributed by atoms with Crippen molar-refractivity contribution < 1.29 is 33.6 Å². The summed E-state index contributed by atoms with van der Waals surface area (Å²) in [6.45, 7) is 16.1. The first-order chi connectivity index (χ1) is 17.9. The molecule has 0 radical (unpaired) electrons. The van der Waals surface area contributed by atoms with Gasteiger partial charge in [0.2, 0.25) is 23.6 Å². The number of amides is 4. The third-order valence-electron chi connectivity index (χ3n) is 5.82.